The van der Waals surface area contributed by atoms with E-state index >= 15 is 0 Å². The van der Waals surface area contributed by atoms with E-state index in [0.29, 0.717) is 11.6 Å². The van der Waals surface area contributed by atoms with Crippen molar-refractivity contribution in [3.05, 3.63) is 53.1 Å². The highest BCUT2D eigenvalue weighted by atomic mass is 32.1. The predicted octanol–water partition coefficient (Wildman–Crippen LogP) is 3.04. The maximum absolute atomic E-state index is 10.9. The number of carboxylic acid groups (broad SMARTS) is 1. The van der Waals surface area contributed by atoms with Gasteiger partial charge in [-0.05, 0) is 18.2 Å². The van der Waals surface area contributed by atoms with Crippen LogP contribution in [0.2, 0.25) is 0 Å². The molecule has 0 bridgehead atoms. The number of anilines is 2. The number of hydrogen-bond donors (Lipinski definition) is 2. The number of nitrogens with zero attached hydrogens (tertiary/aromatic N) is 3. The second-order valence-electron chi connectivity index (χ2n) is 4.18. The first-order valence-corrected chi connectivity index (χ1v) is 6.97. The van der Waals surface area contributed by atoms with Crippen LogP contribution in [0.3, 0.4) is 0 Å². The molecule has 0 unspecified atom stereocenters. The smallest absolute Gasteiger partial charge is 0.335 e. The van der Waals surface area contributed by atoms with Crippen molar-refractivity contribution < 1.29 is 9.90 Å². The zero-order valence-corrected chi connectivity index (χ0v) is 11.5. The van der Waals surface area contributed by atoms with Gasteiger partial charge in [0.05, 0.1) is 16.8 Å². The van der Waals surface area contributed by atoms with E-state index < -0.39 is 5.97 Å². The maximum Gasteiger partial charge on any atom is 0.335 e. The highest BCUT2D eigenvalue weighted by Gasteiger charge is 2.05. The largest absolute Gasteiger partial charge is 0.478 e. The number of rotatable bonds is 4. The molecule has 3 rings (SSSR count). The molecule has 0 aliphatic rings. The SMILES string of the molecule is O=C(O)c1cccc(Nc2ncc(-c3cscn3)cn2)c1. The topological polar surface area (TPSA) is 88.0 Å². The molecule has 0 fully saturated rings. The Morgan fingerprint density at radius 2 is 2.00 bits per heavy atom. The minimum atomic E-state index is -0.974. The summed E-state index contributed by atoms with van der Waals surface area (Å²) in [5, 5.41) is 13.8. The molecule has 0 saturated heterocycles. The second-order valence-corrected chi connectivity index (χ2v) is 4.90. The summed E-state index contributed by atoms with van der Waals surface area (Å²) in [6.07, 6.45) is 3.34. The minimum absolute atomic E-state index is 0.207. The lowest BCUT2D eigenvalue weighted by molar-refractivity contribution is 0.0697. The van der Waals surface area contributed by atoms with Crippen LogP contribution in [0.15, 0.2) is 47.5 Å². The highest BCUT2D eigenvalue weighted by Crippen LogP contribution is 2.19. The van der Waals surface area contributed by atoms with Crippen LogP contribution < -0.4 is 5.32 Å². The van der Waals surface area contributed by atoms with Gasteiger partial charge in [0.1, 0.15) is 0 Å². The number of benzene rings is 1. The predicted molar refractivity (Wildman–Crippen MR) is 79.8 cm³/mol. The van der Waals surface area contributed by atoms with Gasteiger partial charge in [0.15, 0.2) is 0 Å². The van der Waals surface area contributed by atoms with Crippen LogP contribution in [0.1, 0.15) is 10.4 Å². The van der Waals surface area contributed by atoms with Crippen molar-refractivity contribution >= 4 is 28.9 Å². The molecule has 6 nitrogen and oxygen atoms in total. The van der Waals surface area contributed by atoms with Crippen LogP contribution in [0.4, 0.5) is 11.6 Å². The Balaban J connectivity index is 1.79. The third-order valence-corrected chi connectivity index (χ3v) is 3.33. The van der Waals surface area contributed by atoms with E-state index in [0.717, 1.165) is 11.3 Å². The summed E-state index contributed by atoms with van der Waals surface area (Å²) in [6, 6.07) is 6.47. The maximum atomic E-state index is 10.9. The molecule has 0 saturated carbocycles. The highest BCUT2D eigenvalue weighted by molar-refractivity contribution is 7.07. The normalized spacial score (nSPS) is 10.3. The molecule has 7 heteroatoms. The van der Waals surface area contributed by atoms with Crippen molar-refractivity contribution in [2.45, 2.75) is 0 Å². The lowest BCUT2D eigenvalue weighted by Crippen LogP contribution is -2.00. The van der Waals surface area contributed by atoms with E-state index in [9.17, 15) is 4.79 Å². The number of carbonyl (C=O) groups is 1. The molecular formula is C14H10N4O2S. The average molecular weight is 298 g/mol. The first-order chi connectivity index (χ1) is 10.2. The van der Waals surface area contributed by atoms with Gasteiger partial charge in [0.25, 0.3) is 0 Å². The zero-order valence-electron chi connectivity index (χ0n) is 10.7. The van der Waals surface area contributed by atoms with Crippen molar-refractivity contribution in [3.63, 3.8) is 0 Å². The molecule has 3 aromatic rings. The van der Waals surface area contributed by atoms with Gasteiger partial charge in [-0.25, -0.2) is 19.7 Å². The quantitative estimate of drug-likeness (QED) is 0.769. The summed E-state index contributed by atoms with van der Waals surface area (Å²) in [6.45, 7) is 0. The lowest BCUT2D eigenvalue weighted by atomic mass is 10.2. The number of hydrogen-bond acceptors (Lipinski definition) is 6. The average Bonchev–Trinajstić information content (AvgIpc) is 3.02. The van der Waals surface area contributed by atoms with Gasteiger partial charge in [-0.15, -0.1) is 11.3 Å². The molecule has 0 amide bonds. The summed E-state index contributed by atoms with van der Waals surface area (Å²) < 4.78 is 0. The molecular weight excluding hydrogens is 288 g/mol. The molecule has 0 aliphatic heterocycles. The van der Waals surface area contributed by atoms with Crippen molar-refractivity contribution in [2.24, 2.45) is 0 Å². The molecule has 104 valence electrons. The molecule has 2 heterocycles. The lowest BCUT2D eigenvalue weighted by Gasteiger charge is -2.05. The standard InChI is InChI=1S/C14H10N4O2S/c19-13(20)9-2-1-3-11(4-9)18-14-15-5-10(6-16-14)12-7-21-8-17-12/h1-8H,(H,19,20)(H,15,16,18). The summed E-state index contributed by atoms with van der Waals surface area (Å²) in [4.78, 5) is 23.5. The molecule has 0 radical (unpaired) electrons. The third-order valence-electron chi connectivity index (χ3n) is 2.75. The van der Waals surface area contributed by atoms with E-state index in [1.54, 1.807) is 30.0 Å². The minimum Gasteiger partial charge on any atom is -0.478 e. The molecule has 2 aromatic heterocycles. The Hall–Kier alpha value is -2.80. The van der Waals surface area contributed by atoms with Crippen LogP contribution in [0, 0.1) is 0 Å². The van der Waals surface area contributed by atoms with Crippen molar-refractivity contribution in [1.29, 1.82) is 0 Å². The third kappa shape index (κ3) is 3.03. The number of aromatic nitrogens is 3. The van der Waals surface area contributed by atoms with Crippen molar-refractivity contribution in [2.75, 3.05) is 5.32 Å². The van der Waals surface area contributed by atoms with Crippen LogP contribution in [0.5, 0.6) is 0 Å². The summed E-state index contributed by atoms with van der Waals surface area (Å²) in [5.41, 5.74) is 4.25. The first-order valence-electron chi connectivity index (χ1n) is 6.03. The summed E-state index contributed by atoms with van der Waals surface area (Å²) >= 11 is 1.51. The molecule has 0 spiro atoms. The van der Waals surface area contributed by atoms with E-state index in [4.69, 9.17) is 5.11 Å². The molecule has 0 aliphatic carbocycles. The first kappa shape index (κ1) is 13.2. The van der Waals surface area contributed by atoms with Crippen LogP contribution in [-0.2, 0) is 0 Å². The Labute approximate surface area is 124 Å². The fourth-order valence-electron chi connectivity index (χ4n) is 1.74. The fraction of sp³-hybridized carbons (Fsp3) is 0. The Kier molecular flexibility index (Phi) is 3.57. The van der Waals surface area contributed by atoms with Crippen LogP contribution >= 0.6 is 11.3 Å². The fourth-order valence-corrected chi connectivity index (χ4v) is 2.30. The Bertz CT molecular complexity index is 757. The van der Waals surface area contributed by atoms with Gasteiger partial charge in [-0.3, -0.25) is 0 Å². The Morgan fingerprint density at radius 3 is 2.67 bits per heavy atom. The zero-order chi connectivity index (χ0) is 14.7. The van der Waals surface area contributed by atoms with Gasteiger partial charge < -0.3 is 10.4 Å². The molecule has 2 N–H and O–H groups in total. The molecule has 21 heavy (non-hydrogen) atoms. The van der Waals surface area contributed by atoms with Gasteiger partial charge in [0.2, 0.25) is 5.95 Å². The molecule has 0 atom stereocenters. The van der Waals surface area contributed by atoms with Gasteiger partial charge in [0, 0.05) is 29.0 Å². The van der Waals surface area contributed by atoms with Gasteiger partial charge in [-0.2, -0.15) is 0 Å². The van der Waals surface area contributed by atoms with E-state index in [2.05, 4.69) is 20.3 Å². The summed E-state index contributed by atoms with van der Waals surface area (Å²) in [5.74, 6) is -0.574. The van der Waals surface area contributed by atoms with Crippen molar-refractivity contribution in [1.82, 2.24) is 15.0 Å². The number of thiazole rings is 1. The monoisotopic (exact) mass is 298 g/mol. The van der Waals surface area contributed by atoms with Crippen LogP contribution in [-0.4, -0.2) is 26.0 Å². The van der Waals surface area contributed by atoms with E-state index in [1.165, 1.54) is 23.5 Å². The van der Waals surface area contributed by atoms with E-state index in [-0.39, 0.29) is 5.56 Å². The Morgan fingerprint density at radius 1 is 1.19 bits per heavy atom. The number of nitrogens with one attached hydrogen (secondary N) is 1. The van der Waals surface area contributed by atoms with Crippen molar-refractivity contribution in [3.8, 4) is 11.3 Å². The van der Waals surface area contributed by atoms with Gasteiger partial charge in [-0.1, -0.05) is 6.07 Å². The van der Waals surface area contributed by atoms with E-state index in [1.807, 2.05) is 5.38 Å². The second kappa shape index (κ2) is 5.68. The number of aromatic carboxylic acids is 1. The number of carboxylic acids is 1. The van der Waals surface area contributed by atoms with Gasteiger partial charge >= 0.3 is 5.97 Å². The van der Waals surface area contributed by atoms with Crippen LogP contribution in [0.25, 0.3) is 11.3 Å². The molecule has 1 aromatic carbocycles. The summed E-state index contributed by atoms with van der Waals surface area (Å²) in [7, 11) is 0.